The van der Waals surface area contributed by atoms with E-state index in [1.807, 2.05) is 24.3 Å². The number of rotatable bonds is 2. The van der Waals surface area contributed by atoms with Crippen LogP contribution >= 0.6 is 34.2 Å². The van der Waals surface area contributed by atoms with Crippen molar-refractivity contribution in [2.75, 3.05) is 0 Å². The first-order valence-corrected chi connectivity index (χ1v) is 5.01. The third-order valence-electron chi connectivity index (χ3n) is 1.64. The van der Waals surface area contributed by atoms with Crippen LogP contribution in [0.2, 0.25) is 5.02 Å². The van der Waals surface area contributed by atoms with Crippen molar-refractivity contribution in [2.45, 2.75) is 5.92 Å². The molecule has 1 aromatic rings. The highest BCUT2D eigenvalue weighted by Gasteiger charge is 2.05. The van der Waals surface area contributed by atoms with E-state index in [1.165, 1.54) is 3.57 Å². The highest BCUT2D eigenvalue weighted by Crippen LogP contribution is 2.25. The molecule has 0 aliphatic rings. The molecule has 0 aliphatic carbocycles. The van der Waals surface area contributed by atoms with E-state index < -0.39 is 0 Å². The molecule has 0 aromatic heterocycles. The predicted molar refractivity (Wildman–Crippen MR) is 62.5 cm³/mol. The molecule has 0 amide bonds. The second-order valence-corrected chi connectivity index (χ2v) is 4.11. The quantitative estimate of drug-likeness (QED) is 0.570. The van der Waals surface area contributed by atoms with Gasteiger partial charge in [-0.2, -0.15) is 0 Å². The fourth-order valence-corrected chi connectivity index (χ4v) is 1.84. The Kier molecular flexibility index (Phi) is 3.59. The Bertz CT molecular complexity index is 294. The van der Waals surface area contributed by atoms with Gasteiger partial charge in [0.1, 0.15) is 0 Å². The highest BCUT2D eigenvalue weighted by atomic mass is 127. The first-order chi connectivity index (χ1) is 5.65. The topological polar surface area (TPSA) is 0 Å². The number of allylic oxidation sites excluding steroid dienone is 1. The number of halogens is 2. The third kappa shape index (κ3) is 2.23. The van der Waals surface area contributed by atoms with Crippen LogP contribution in [0.15, 0.2) is 30.9 Å². The maximum Gasteiger partial charge on any atom is 0.0409 e. The molecule has 0 spiro atoms. The summed E-state index contributed by atoms with van der Waals surface area (Å²) >= 11 is 8.12. The van der Waals surface area contributed by atoms with Crippen molar-refractivity contribution < 1.29 is 0 Å². The van der Waals surface area contributed by atoms with Gasteiger partial charge >= 0.3 is 0 Å². The van der Waals surface area contributed by atoms with Gasteiger partial charge in [0.25, 0.3) is 0 Å². The lowest BCUT2D eigenvalue weighted by Crippen LogP contribution is -1.92. The zero-order valence-electron chi connectivity index (χ0n) is 6.56. The van der Waals surface area contributed by atoms with Crippen molar-refractivity contribution >= 4 is 34.2 Å². The number of hydrogen-bond donors (Lipinski definition) is 0. The molecule has 0 bridgehead atoms. The van der Waals surface area contributed by atoms with E-state index in [9.17, 15) is 0 Å². The average Bonchev–Trinajstić information content (AvgIpc) is 2.08. The van der Waals surface area contributed by atoms with Crippen LogP contribution in [0.5, 0.6) is 0 Å². The van der Waals surface area contributed by atoms with E-state index in [4.69, 9.17) is 11.6 Å². The molecule has 0 saturated carbocycles. The summed E-state index contributed by atoms with van der Waals surface area (Å²) in [6.07, 6.45) is 1.81. The summed E-state index contributed by atoms with van der Waals surface area (Å²) in [5.41, 5.74) is 1.14. The van der Waals surface area contributed by atoms with Crippen molar-refractivity contribution in [3.8, 4) is 0 Å². The van der Waals surface area contributed by atoms with Gasteiger partial charge in [-0.3, -0.25) is 0 Å². The highest BCUT2D eigenvalue weighted by molar-refractivity contribution is 14.1. The van der Waals surface area contributed by atoms with Gasteiger partial charge in [-0.1, -0.05) is 17.7 Å². The molecule has 1 aromatic carbocycles. The van der Waals surface area contributed by atoms with Crippen LogP contribution in [-0.2, 0) is 0 Å². The second kappa shape index (κ2) is 4.28. The normalized spacial score (nSPS) is 12.6. The second-order valence-electron chi connectivity index (χ2n) is 2.51. The van der Waals surface area contributed by atoms with E-state index in [1.54, 1.807) is 0 Å². The smallest absolute Gasteiger partial charge is 0.0409 e. The van der Waals surface area contributed by atoms with Crippen molar-refractivity contribution in [3.05, 3.63) is 51.9 Å². The van der Waals surface area contributed by atoms with Gasteiger partial charge in [0, 0.05) is 14.5 Å². The fraction of sp³-hybridized carbons (Fsp3) is 0.100. The zero-order valence-corrected chi connectivity index (χ0v) is 9.47. The summed E-state index contributed by atoms with van der Waals surface area (Å²) in [5, 5.41) is 0.751. The first-order valence-electron chi connectivity index (χ1n) is 3.55. The van der Waals surface area contributed by atoms with Gasteiger partial charge in [-0.15, -0.1) is 6.58 Å². The molecule has 2 heteroatoms. The van der Waals surface area contributed by atoms with E-state index >= 15 is 0 Å². The van der Waals surface area contributed by atoms with E-state index in [2.05, 4.69) is 36.1 Å². The predicted octanol–water partition coefficient (Wildman–Crippen LogP) is 4.05. The maximum absolute atomic E-state index is 5.85. The molecular formula is C10H9ClI. The minimum Gasteiger partial charge on any atom is -0.102 e. The Morgan fingerprint density at radius 3 is 2.75 bits per heavy atom. The molecule has 0 heterocycles. The van der Waals surface area contributed by atoms with Gasteiger partial charge in [-0.25, -0.2) is 0 Å². The Labute approximate surface area is 91.8 Å². The van der Waals surface area contributed by atoms with Crippen molar-refractivity contribution in [2.24, 2.45) is 0 Å². The minimum absolute atomic E-state index is 0.121. The Hall–Kier alpha value is -0.0200. The molecule has 0 N–H and O–H groups in total. The Balaban J connectivity index is 3.12. The fourth-order valence-electron chi connectivity index (χ4n) is 0.926. The summed E-state index contributed by atoms with van der Waals surface area (Å²) in [5.74, 6) is 0.121. The van der Waals surface area contributed by atoms with Crippen LogP contribution in [0.3, 0.4) is 0 Å². The molecule has 12 heavy (non-hydrogen) atoms. The summed E-state index contributed by atoms with van der Waals surface area (Å²) in [7, 11) is 0. The van der Waals surface area contributed by atoms with E-state index in [0.717, 1.165) is 10.6 Å². The van der Waals surface area contributed by atoms with Crippen LogP contribution in [0, 0.1) is 10.5 Å². The lowest BCUT2D eigenvalue weighted by Gasteiger charge is -2.08. The SMILES string of the molecule is [CH2]C(C=C)c1cc(Cl)ccc1I. The molecule has 0 aliphatic heterocycles. The van der Waals surface area contributed by atoms with E-state index in [0.29, 0.717) is 0 Å². The molecule has 1 radical (unpaired) electrons. The monoisotopic (exact) mass is 291 g/mol. The summed E-state index contributed by atoms with van der Waals surface area (Å²) < 4.78 is 1.18. The summed E-state index contributed by atoms with van der Waals surface area (Å²) in [4.78, 5) is 0. The van der Waals surface area contributed by atoms with Crippen LogP contribution < -0.4 is 0 Å². The third-order valence-corrected chi connectivity index (χ3v) is 2.86. The lowest BCUT2D eigenvalue weighted by molar-refractivity contribution is 1.07. The van der Waals surface area contributed by atoms with Gasteiger partial charge in [0.15, 0.2) is 0 Å². The average molecular weight is 292 g/mol. The largest absolute Gasteiger partial charge is 0.102 e. The van der Waals surface area contributed by atoms with Crippen LogP contribution in [0.4, 0.5) is 0 Å². The molecule has 1 rings (SSSR count). The van der Waals surface area contributed by atoms with Gasteiger partial charge in [-0.05, 0) is 53.3 Å². The summed E-state index contributed by atoms with van der Waals surface area (Å²) in [6.45, 7) is 7.65. The molecule has 63 valence electrons. The maximum atomic E-state index is 5.85. The molecule has 0 nitrogen and oxygen atoms in total. The standard InChI is InChI=1S/C10H9ClI/c1-3-7(2)9-6-8(11)4-5-10(9)12/h3-7H,1-2H2. The van der Waals surface area contributed by atoms with Gasteiger partial charge < -0.3 is 0 Å². The van der Waals surface area contributed by atoms with Crippen LogP contribution in [0.1, 0.15) is 11.5 Å². The first kappa shape index (κ1) is 10.1. The lowest BCUT2D eigenvalue weighted by atomic mass is 10.0. The van der Waals surface area contributed by atoms with Crippen molar-refractivity contribution in [3.63, 3.8) is 0 Å². The Morgan fingerprint density at radius 2 is 2.17 bits per heavy atom. The van der Waals surface area contributed by atoms with Crippen LogP contribution in [-0.4, -0.2) is 0 Å². The minimum atomic E-state index is 0.121. The Morgan fingerprint density at radius 1 is 1.50 bits per heavy atom. The van der Waals surface area contributed by atoms with E-state index in [-0.39, 0.29) is 5.92 Å². The van der Waals surface area contributed by atoms with Gasteiger partial charge in [0.2, 0.25) is 0 Å². The molecular weight excluding hydrogens is 282 g/mol. The van der Waals surface area contributed by atoms with Crippen molar-refractivity contribution in [1.29, 1.82) is 0 Å². The molecule has 1 unspecified atom stereocenters. The summed E-state index contributed by atoms with van der Waals surface area (Å²) in [6, 6.07) is 5.80. The zero-order chi connectivity index (χ0) is 9.14. The van der Waals surface area contributed by atoms with Gasteiger partial charge in [0.05, 0.1) is 0 Å². The molecule has 0 saturated heterocycles. The van der Waals surface area contributed by atoms with Crippen molar-refractivity contribution in [1.82, 2.24) is 0 Å². The number of benzene rings is 1. The molecule has 1 atom stereocenters. The number of hydrogen-bond acceptors (Lipinski definition) is 0. The molecule has 0 fully saturated rings. The van der Waals surface area contributed by atoms with Crippen LogP contribution in [0.25, 0.3) is 0 Å².